The van der Waals surface area contributed by atoms with Crippen LogP contribution in [0.4, 0.5) is 0 Å². The standard InChI is InChI=1S/C21H27NO/c1-14(22-20(23)8-7-15-5-3-2-4-6-15)21-18-10-16-9-17(12-18)13-19(21)11-16/h2-8,14,16-19,21H,9-13H2,1H3,(H,22,23)/b8-7+/t14-,16?,17?,18?,19?,21?/m1/s1. The van der Waals surface area contributed by atoms with Crippen molar-refractivity contribution < 1.29 is 4.79 Å². The SMILES string of the molecule is C[C@@H](NC(=O)/C=C/c1ccccc1)C1C2CC3CC(C2)CC1C3. The number of hydrogen-bond donors (Lipinski definition) is 1. The molecular weight excluding hydrogens is 282 g/mol. The highest BCUT2D eigenvalue weighted by molar-refractivity contribution is 5.91. The van der Waals surface area contributed by atoms with Gasteiger partial charge >= 0.3 is 0 Å². The van der Waals surface area contributed by atoms with Crippen LogP contribution in [0.2, 0.25) is 0 Å². The molecule has 0 heterocycles. The van der Waals surface area contributed by atoms with Crippen LogP contribution >= 0.6 is 0 Å². The van der Waals surface area contributed by atoms with Gasteiger partial charge in [-0.2, -0.15) is 0 Å². The monoisotopic (exact) mass is 309 g/mol. The Labute approximate surface area is 139 Å². The van der Waals surface area contributed by atoms with Crippen molar-refractivity contribution in [2.45, 2.75) is 45.1 Å². The van der Waals surface area contributed by atoms with Gasteiger partial charge in [-0.25, -0.2) is 0 Å². The maximum atomic E-state index is 12.3. The fourth-order valence-electron chi connectivity index (χ4n) is 5.89. The van der Waals surface area contributed by atoms with Crippen molar-refractivity contribution in [3.05, 3.63) is 42.0 Å². The van der Waals surface area contributed by atoms with Gasteiger partial charge in [0.25, 0.3) is 0 Å². The number of benzene rings is 1. The molecule has 0 unspecified atom stereocenters. The van der Waals surface area contributed by atoms with Crippen molar-refractivity contribution in [1.29, 1.82) is 0 Å². The molecule has 4 saturated carbocycles. The van der Waals surface area contributed by atoms with Gasteiger partial charge in [-0.1, -0.05) is 30.3 Å². The van der Waals surface area contributed by atoms with Crippen LogP contribution in [0.15, 0.2) is 36.4 Å². The molecule has 1 aromatic rings. The van der Waals surface area contributed by atoms with Gasteiger partial charge in [0.1, 0.15) is 0 Å². The number of carbonyl (C=O) groups excluding carboxylic acids is 1. The zero-order chi connectivity index (χ0) is 15.8. The Morgan fingerprint density at radius 1 is 1.04 bits per heavy atom. The van der Waals surface area contributed by atoms with Crippen LogP contribution in [0.3, 0.4) is 0 Å². The molecule has 0 aromatic heterocycles. The fraction of sp³-hybridized carbons (Fsp3) is 0.571. The smallest absolute Gasteiger partial charge is 0.244 e. The van der Waals surface area contributed by atoms with Crippen molar-refractivity contribution in [2.24, 2.45) is 29.6 Å². The quantitative estimate of drug-likeness (QED) is 0.827. The van der Waals surface area contributed by atoms with Gasteiger partial charge in [0.05, 0.1) is 0 Å². The summed E-state index contributed by atoms with van der Waals surface area (Å²) in [5, 5.41) is 3.25. The number of amides is 1. The highest BCUT2D eigenvalue weighted by atomic mass is 16.1. The summed E-state index contributed by atoms with van der Waals surface area (Å²) in [5.41, 5.74) is 1.07. The van der Waals surface area contributed by atoms with Gasteiger partial charge in [0.2, 0.25) is 5.91 Å². The Bertz CT molecular complexity index is 563. The van der Waals surface area contributed by atoms with E-state index in [4.69, 9.17) is 0 Å². The van der Waals surface area contributed by atoms with Crippen LogP contribution in [-0.2, 0) is 4.79 Å². The first kappa shape index (κ1) is 15.0. The van der Waals surface area contributed by atoms with E-state index in [2.05, 4.69) is 12.2 Å². The second-order valence-corrected chi connectivity index (χ2v) is 8.05. The lowest BCUT2D eigenvalue weighted by Crippen LogP contribution is -2.52. The molecule has 1 amide bonds. The van der Waals surface area contributed by atoms with Crippen molar-refractivity contribution in [2.75, 3.05) is 0 Å². The first-order valence-electron chi connectivity index (χ1n) is 9.22. The zero-order valence-corrected chi connectivity index (χ0v) is 13.9. The lowest BCUT2D eigenvalue weighted by atomic mass is 9.50. The first-order valence-corrected chi connectivity index (χ1v) is 9.22. The van der Waals surface area contributed by atoms with Crippen molar-refractivity contribution in [3.8, 4) is 0 Å². The maximum Gasteiger partial charge on any atom is 0.244 e. The fourth-order valence-corrected chi connectivity index (χ4v) is 5.89. The second-order valence-electron chi connectivity index (χ2n) is 8.05. The summed E-state index contributed by atoms with van der Waals surface area (Å²) in [6.45, 7) is 2.22. The minimum atomic E-state index is 0.0511. The molecule has 4 fully saturated rings. The van der Waals surface area contributed by atoms with E-state index < -0.39 is 0 Å². The largest absolute Gasteiger partial charge is 0.350 e. The van der Waals surface area contributed by atoms with E-state index >= 15 is 0 Å². The zero-order valence-electron chi connectivity index (χ0n) is 13.9. The maximum absolute atomic E-state index is 12.3. The molecule has 4 aliphatic rings. The molecule has 23 heavy (non-hydrogen) atoms. The summed E-state index contributed by atoms with van der Waals surface area (Å²) in [5.74, 6) is 4.47. The average molecular weight is 309 g/mol. The molecule has 2 nitrogen and oxygen atoms in total. The molecule has 0 radical (unpaired) electrons. The highest BCUT2D eigenvalue weighted by Crippen LogP contribution is 2.57. The molecule has 0 spiro atoms. The predicted octanol–water partition coefficient (Wildman–Crippen LogP) is 4.28. The molecule has 5 rings (SSSR count). The van der Waals surface area contributed by atoms with E-state index in [1.807, 2.05) is 36.4 Å². The molecule has 4 bridgehead atoms. The van der Waals surface area contributed by atoms with Crippen LogP contribution in [0.1, 0.15) is 44.6 Å². The van der Waals surface area contributed by atoms with Crippen LogP contribution in [0.5, 0.6) is 0 Å². The molecule has 1 N–H and O–H groups in total. The third kappa shape index (κ3) is 3.08. The Kier molecular flexibility index (Phi) is 4.00. The van der Waals surface area contributed by atoms with E-state index in [1.165, 1.54) is 32.1 Å². The van der Waals surface area contributed by atoms with Gasteiger partial charge in [-0.15, -0.1) is 0 Å². The molecule has 122 valence electrons. The number of hydrogen-bond acceptors (Lipinski definition) is 1. The van der Waals surface area contributed by atoms with Gasteiger partial charge in [0, 0.05) is 12.1 Å². The Morgan fingerprint density at radius 2 is 1.65 bits per heavy atom. The molecule has 0 saturated heterocycles. The Balaban J connectivity index is 1.37. The summed E-state index contributed by atoms with van der Waals surface area (Å²) in [4.78, 5) is 12.3. The Hall–Kier alpha value is -1.57. The lowest BCUT2D eigenvalue weighted by Gasteiger charge is -2.56. The molecule has 4 aliphatic carbocycles. The first-order chi connectivity index (χ1) is 11.2. The van der Waals surface area contributed by atoms with Crippen LogP contribution in [0.25, 0.3) is 6.08 Å². The summed E-state index contributed by atoms with van der Waals surface area (Å²) < 4.78 is 0. The molecule has 2 heteroatoms. The summed E-state index contributed by atoms with van der Waals surface area (Å²) in [6, 6.07) is 10.3. The van der Waals surface area contributed by atoms with Gasteiger partial charge < -0.3 is 5.32 Å². The van der Waals surface area contributed by atoms with Crippen LogP contribution in [0, 0.1) is 29.6 Å². The van der Waals surface area contributed by atoms with Crippen molar-refractivity contribution in [3.63, 3.8) is 0 Å². The predicted molar refractivity (Wildman–Crippen MR) is 93.6 cm³/mol. The molecule has 0 aliphatic heterocycles. The van der Waals surface area contributed by atoms with Crippen LogP contribution < -0.4 is 5.32 Å². The lowest BCUT2D eigenvalue weighted by molar-refractivity contribution is -0.119. The van der Waals surface area contributed by atoms with E-state index in [-0.39, 0.29) is 5.91 Å². The van der Waals surface area contributed by atoms with E-state index in [1.54, 1.807) is 6.08 Å². The van der Waals surface area contributed by atoms with Crippen molar-refractivity contribution >= 4 is 12.0 Å². The third-order valence-electron chi connectivity index (χ3n) is 6.47. The van der Waals surface area contributed by atoms with E-state index in [0.717, 1.165) is 29.2 Å². The normalized spacial score (nSPS) is 36.3. The van der Waals surface area contributed by atoms with Crippen LogP contribution in [-0.4, -0.2) is 11.9 Å². The van der Waals surface area contributed by atoms with Gasteiger partial charge in [0.15, 0.2) is 0 Å². The molecule has 1 atom stereocenters. The summed E-state index contributed by atoms with van der Waals surface area (Å²) >= 11 is 0. The molecule has 1 aromatic carbocycles. The van der Waals surface area contributed by atoms with E-state index in [0.29, 0.717) is 12.0 Å². The number of rotatable bonds is 4. The second kappa shape index (κ2) is 6.14. The topological polar surface area (TPSA) is 29.1 Å². The molecular formula is C21H27NO. The Morgan fingerprint density at radius 3 is 2.26 bits per heavy atom. The van der Waals surface area contributed by atoms with Crippen molar-refractivity contribution in [1.82, 2.24) is 5.32 Å². The number of carbonyl (C=O) groups is 1. The summed E-state index contributed by atoms with van der Waals surface area (Å²) in [6.07, 6.45) is 10.7. The van der Waals surface area contributed by atoms with Gasteiger partial charge in [-0.05, 0) is 80.3 Å². The highest BCUT2D eigenvalue weighted by Gasteiger charge is 2.49. The minimum Gasteiger partial charge on any atom is -0.350 e. The van der Waals surface area contributed by atoms with Gasteiger partial charge in [-0.3, -0.25) is 4.79 Å². The van der Waals surface area contributed by atoms with E-state index in [9.17, 15) is 4.79 Å². The number of nitrogens with one attached hydrogen (secondary N) is 1. The average Bonchev–Trinajstić information content (AvgIpc) is 2.53. The minimum absolute atomic E-state index is 0.0511. The summed E-state index contributed by atoms with van der Waals surface area (Å²) in [7, 11) is 0. The third-order valence-corrected chi connectivity index (χ3v) is 6.47.